The molecule has 27 heavy (non-hydrogen) atoms. The molecular formula is C20H23N3O4. The zero-order chi connectivity index (χ0) is 19.2. The Labute approximate surface area is 157 Å². The van der Waals surface area contributed by atoms with Gasteiger partial charge in [-0.1, -0.05) is 12.1 Å². The van der Waals surface area contributed by atoms with Crippen molar-refractivity contribution >= 4 is 11.6 Å². The van der Waals surface area contributed by atoms with Crippen molar-refractivity contribution in [3.8, 4) is 11.6 Å². The number of ether oxygens (including phenoxy) is 3. The van der Waals surface area contributed by atoms with Crippen LogP contribution in [0.2, 0.25) is 0 Å². The fourth-order valence-corrected chi connectivity index (χ4v) is 2.74. The number of hydrogen-bond acceptors (Lipinski definition) is 6. The fraction of sp³-hybridized carbons (Fsp3) is 0.350. The van der Waals surface area contributed by atoms with Gasteiger partial charge in [-0.2, -0.15) is 9.61 Å². The van der Waals surface area contributed by atoms with Crippen LogP contribution in [0.5, 0.6) is 11.6 Å². The molecule has 7 heteroatoms. The lowest BCUT2D eigenvalue weighted by atomic mass is 10.1. The lowest BCUT2D eigenvalue weighted by Gasteiger charge is -2.13. The minimum Gasteiger partial charge on any atom is -0.497 e. The highest BCUT2D eigenvalue weighted by atomic mass is 16.5. The quantitative estimate of drug-likeness (QED) is 0.568. The molecule has 2 heterocycles. The molecule has 2 aromatic heterocycles. The van der Waals surface area contributed by atoms with Gasteiger partial charge in [0, 0.05) is 24.8 Å². The largest absolute Gasteiger partial charge is 0.497 e. The topological polar surface area (TPSA) is 75.0 Å². The van der Waals surface area contributed by atoms with Crippen LogP contribution in [0.15, 0.2) is 42.6 Å². The van der Waals surface area contributed by atoms with Crippen molar-refractivity contribution in [2.75, 3.05) is 7.11 Å². The van der Waals surface area contributed by atoms with Crippen LogP contribution in [-0.2, 0) is 22.6 Å². The van der Waals surface area contributed by atoms with Crippen LogP contribution in [0.4, 0.5) is 0 Å². The molecule has 1 aromatic carbocycles. The average Bonchev–Trinajstić information content (AvgIpc) is 3.13. The molecule has 7 nitrogen and oxygen atoms in total. The number of benzene rings is 1. The molecule has 0 radical (unpaired) electrons. The Morgan fingerprint density at radius 2 is 2.00 bits per heavy atom. The van der Waals surface area contributed by atoms with Crippen LogP contribution >= 0.6 is 0 Å². The third-order valence-corrected chi connectivity index (χ3v) is 4.10. The van der Waals surface area contributed by atoms with Gasteiger partial charge in [-0.3, -0.25) is 4.79 Å². The van der Waals surface area contributed by atoms with Crippen LogP contribution in [0, 0.1) is 0 Å². The number of carbonyl (C=O) groups is 1. The van der Waals surface area contributed by atoms with E-state index in [-0.39, 0.29) is 12.1 Å². The van der Waals surface area contributed by atoms with Gasteiger partial charge in [0.15, 0.2) is 5.65 Å². The highest BCUT2D eigenvalue weighted by Gasteiger charge is 2.11. The summed E-state index contributed by atoms with van der Waals surface area (Å²) in [6.07, 6.45) is 2.90. The van der Waals surface area contributed by atoms with E-state index in [9.17, 15) is 4.79 Å². The van der Waals surface area contributed by atoms with E-state index in [1.165, 1.54) is 6.92 Å². The SMILES string of the molecule is COc1ccc(COc2cc(CCC(C)OC(C)=O)nc3ccnn23)cc1. The van der Waals surface area contributed by atoms with Gasteiger partial charge < -0.3 is 14.2 Å². The van der Waals surface area contributed by atoms with Gasteiger partial charge in [0.05, 0.1) is 19.4 Å². The predicted octanol–water partition coefficient (Wildman–Crippen LogP) is 3.20. The first kappa shape index (κ1) is 18.7. The molecule has 0 saturated carbocycles. The van der Waals surface area contributed by atoms with E-state index in [0.29, 0.717) is 25.3 Å². The van der Waals surface area contributed by atoms with Crippen molar-refractivity contribution in [1.82, 2.24) is 14.6 Å². The first-order valence-corrected chi connectivity index (χ1v) is 8.82. The molecule has 142 valence electrons. The Hall–Kier alpha value is -3.09. The highest BCUT2D eigenvalue weighted by Crippen LogP contribution is 2.19. The number of fused-ring (bicyclic) bond motifs is 1. The zero-order valence-corrected chi connectivity index (χ0v) is 15.7. The molecular weight excluding hydrogens is 346 g/mol. The molecule has 3 aromatic rings. The van der Waals surface area contributed by atoms with Gasteiger partial charge in [-0.15, -0.1) is 0 Å². The molecule has 0 bridgehead atoms. The Balaban J connectivity index is 1.71. The Kier molecular flexibility index (Phi) is 5.90. The summed E-state index contributed by atoms with van der Waals surface area (Å²) >= 11 is 0. The lowest BCUT2D eigenvalue weighted by molar-refractivity contribution is -0.145. The number of esters is 1. The van der Waals surface area contributed by atoms with Gasteiger partial charge in [-0.05, 0) is 37.5 Å². The summed E-state index contributed by atoms with van der Waals surface area (Å²) in [5.74, 6) is 1.16. The standard InChI is InChI=1S/C20H23N3O4/c1-14(27-15(2)24)4-7-17-12-20(23-19(22-17)10-11-21-23)26-13-16-5-8-18(25-3)9-6-16/h5-6,8-12,14H,4,7,13H2,1-3H3. The third kappa shape index (κ3) is 4.97. The number of aryl methyl sites for hydroxylation is 1. The zero-order valence-electron chi connectivity index (χ0n) is 15.7. The van der Waals surface area contributed by atoms with E-state index in [0.717, 1.165) is 22.7 Å². The molecule has 0 aliphatic rings. The van der Waals surface area contributed by atoms with Crippen molar-refractivity contribution < 1.29 is 19.0 Å². The number of methoxy groups -OCH3 is 1. The van der Waals surface area contributed by atoms with E-state index in [1.54, 1.807) is 17.8 Å². The van der Waals surface area contributed by atoms with Crippen molar-refractivity contribution in [2.24, 2.45) is 0 Å². The second-order valence-electron chi connectivity index (χ2n) is 6.28. The predicted molar refractivity (Wildman–Crippen MR) is 99.9 cm³/mol. The van der Waals surface area contributed by atoms with E-state index in [2.05, 4.69) is 10.1 Å². The van der Waals surface area contributed by atoms with Gasteiger partial charge >= 0.3 is 5.97 Å². The van der Waals surface area contributed by atoms with E-state index >= 15 is 0 Å². The Bertz CT molecular complexity index is 905. The molecule has 0 fully saturated rings. The van der Waals surface area contributed by atoms with Crippen LogP contribution in [-0.4, -0.2) is 33.8 Å². The van der Waals surface area contributed by atoms with E-state index in [4.69, 9.17) is 14.2 Å². The maximum Gasteiger partial charge on any atom is 0.302 e. The molecule has 0 aliphatic carbocycles. The molecule has 0 aliphatic heterocycles. The first-order chi connectivity index (χ1) is 13.0. The number of hydrogen-bond donors (Lipinski definition) is 0. The van der Waals surface area contributed by atoms with Crippen molar-refractivity contribution in [3.05, 3.63) is 53.9 Å². The maximum atomic E-state index is 11.0. The first-order valence-electron chi connectivity index (χ1n) is 8.82. The van der Waals surface area contributed by atoms with Crippen LogP contribution in [0.3, 0.4) is 0 Å². The average molecular weight is 369 g/mol. The third-order valence-electron chi connectivity index (χ3n) is 4.10. The summed E-state index contributed by atoms with van der Waals surface area (Å²) in [5.41, 5.74) is 2.61. The van der Waals surface area contributed by atoms with E-state index < -0.39 is 0 Å². The summed E-state index contributed by atoms with van der Waals surface area (Å²) in [6, 6.07) is 11.4. The Morgan fingerprint density at radius 1 is 1.22 bits per heavy atom. The number of carbonyl (C=O) groups excluding carboxylic acids is 1. The fourth-order valence-electron chi connectivity index (χ4n) is 2.74. The molecule has 1 unspecified atom stereocenters. The Morgan fingerprint density at radius 3 is 2.70 bits per heavy atom. The van der Waals surface area contributed by atoms with Gasteiger partial charge in [-0.25, -0.2) is 4.98 Å². The molecule has 0 spiro atoms. The molecule has 3 rings (SSSR count). The summed E-state index contributed by atoms with van der Waals surface area (Å²) in [5, 5.41) is 4.27. The minimum absolute atomic E-state index is 0.158. The van der Waals surface area contributed by atoms with Crippen LogP contribution in [0.1, 0.15) is 31.5 Å². The molecule has 1 atom stereocenters. The second kappa shape index (κ2) is 8.53. The van der Waals surface area contributed by atoms with Crippen molar-refractivity contribution in [2.45, 2.75) is 39.4 Å². The maximum absolute atomic E-state index is 11.0. The lowest BCUT2D eigenvalue weighted by Crippen LogP contribution is -2.13. The summed E-state index contributed by atoms with van der Waals surface area (Å²) in [6.45, 7) is 3.70. The smallest absolute Gasteiger partial charge is 0.302 e. The van der Waals surface area contributed by atoms with Crippen molar-refractivity contribution in [3.63, 3.8) is 0 Å². The van der Waals surface area contributed by atoms with Crippen molar-refractivity contribution in [1.29, 1.82) is 0 Å². The van der Waals surface area contributed by atoms with E-state index in [1.807, 2.05) is 43.3 Å². The molecule has 0 N–H and O–H groups in total. The summed E-state index contributed by atoms with van der Waals surface area (Å²) < 4.78 is 18.0. The van der Waals surface area contributed by atoms with Gasteiger partial charge in [0.25, 0.3) is 0 Å². The normalized spacial score (nSPS) is 12.0. The van der Waals surface area contributed by atoms with Crippen LogP contribution < -0.4 is 9.47 Å². The number of aromatic nitrogens is 3. The monoisotopic (exact) mass is 369 g/mol. The molecule has 0 amide bonds. The minimum atomic E-state index is -0.273. The molecule has 0 saturated heterocycles. The van der Waals surface area contributed by atoms with Crippen LogP contribution in [0.25, 0.3) is 5.65 Å². The summed E-state index contributed by atoms with van der Waals surface area (Å²) in [4.78, 5) is 15.6. The van der Waals surface area contributed by atoms with Gasteiger partial charge in [0.1, 0.15) is 12.4 Å². The highest BCUT2D eigenvalue weighted by molar-refractivity contribution is 5.66. The number of nitrogens with zero attached hydrogens (tertiary/aromatic N) is 3. The summed E-state index contributed by atoms with van der Waals surface area (Å²) in [7, 11) is 1.64. The van der Waals surface area contributed by atoms with Gasteiger partial charge in [0.2, 0.25) is 5.88 Å². The number of rotatable bonds is 8. The second-order valence-corrected chi connectivity index (χ2v) is 6.28.